The molecule has 0 aromatic rings. The first-order valence-electron chi connectivity index (χ1n) is 7.57. The van der Waals surface area contributed by atoms with Crippen LogP contribution in [-0.2, 0) is 19.4 Å². The molecule has 2 fully saturated rings. The number of carboxylic acid groups (broad SMARTS) is 1. The number of amides is 1. The SMILES string of the molecule is CCC1CC(C(=O)O)C(C(=O)NCC2CCCS2(=O)=O)C1. The summed E-state index contributed by atoms with van der Waals surface area (Å²) in [6.07, 6.45) is 3.20. The van der Waals surface area contributed by atoms with Crippen LogP contribution in [0.4, 0.5) is 0 Å². The van der Waals surface area contributed by atoms with Crippen LogP contribution in [0.2, 0.25) is 0 Å². The minimum Gasteiger partial charge on any atom is -0.481 e. The van der Waals surface area contributed by atoms with Crippen LogP contribution in [0.15, 0.2) is 0 Å². The standard InChI is InChI=1S/C14H23NO5S/c1-2-9-6-11(12(7-9)14(17)18)13(16)15-8-10-4-3-5-21(10,19)20/h9-12H,2-8H2,1H3,(H,15,16)(H,17,18). The maximum atomic E-state index is 12.2. The largest absolute Gasteiger partial charge is 0.481 e. The van der Waals surface area contributed by atoms with Gasteiger partial charge in [0.05, 0.1) is 22.8 Å². The van der Waals surface area contributed by atoms with Crippen molar-refractivity contribution in [2.75, 3.05) is 12.3 Å². The van der Waals surface area contributed by atoms with E-state index in [1.807, 2.05) is 6.92 Å². The molecule has 6 nitrogen and oxygen atoms in total. The van der Waals surface area contributed by atoms with Crippen molar-refractivity contribution in [2.24, 2.45) is 17.8 Å². The van der Waals surface area contributed by atoms with Crippen molar-refractivity contribution in [2.45, 2.75) is 44.3 Å². The van der Waals surface area contributed by atoms with E-state index in [2.05, 4.69) is 5.32 Å². The zero-order valence-corrected chi connectivity index (χ0v) is 13.1. The van der Waals surface area contributed by atoms with E-state index in [0.29, 0.717) is 25.7 Å². The summed E-state index contributed by atoms with van der Waals surface area (Å²) in [6, 6.07) is 0. The molecule has 7 heteroatoms. The van der Waals surface area contributed by atoms with Crippen LogP contribution in [0.5, 0.6) is 0 Å². The highest BCUT2D eigenvalue weighted by atomic mass is 32.2. The Labute approximate surface area is 125 Å². The molecule has 0 radical (unpaired) electrons. The van der Waals surface area contributed by atoms with Crippen molar-refractivity contribution in [1.29, 1.82) is 0 Å². The summed E-state index contributed by atoms with van der Waals surface area (Å²) in [5, 5.41) is 11.4. The average molecular weight is 317 g/mol. The highest BCUT2D eigenvalue weighted by Gasteiger charge is 2.42. The molecule has 1 saturated carbocycles. The van der Waals surface area contributed by atoms with Gasteiger partial charge in [0.15, 0.2) is 9.84 Å². The van der Waals surface area contributed by atoms with Gasteiger partial charge < -0.3 is 10.4 Å². The van der Waals surface area contributed by atoms with Crippen LogP contribution in [0.25, 0.3) is 0 Å². The van der Waals surface area contributed by atoms with Crippen molar-refractivity contribution in [3.63, 3.8) is 0 Å². The van der Waals surface area contributed by atoms with Crippen molar-refractivity contribution < 1.29 is 23.1 Å². The van der Waals surface area contributed by atoms with Crippen molar-refractivity contribution in [1.82, 2.24) is 5.32 Å². The molecule has 0 aromatic heterocycles. The maximum absolute atomic E-state index is 12.2. The summed E-state index contributed by atoms with van der Waals surface area (Å²) in [6.45, 7) is 2.11. The second-order valence-corrected chi connectivity index (χ2v) is 8.57. The van der Waals surface area contributed by atoms with Gasteiger partial charge in [-0.2, -0.15) is 0 Å². The van der Waals surface area contributed by atoms with Crippen molar-refractivity contribution >= 4 is 21.7 Å². The molecule has 0 aromatic carbocycles. The summed E-state index contributed by atoms with van der Waals surface area (Å²) in [4.78, 5) is 23.5. The van der Waals surface area contributed by atoms with E-state index in [4.69, 9.17) is 0 Å². The van der Waals surface area contributed by atoms with E-state index < -0.39 is 32.9 Å². The van der Waals surface area contributed by atoms with Gasteiger partial charge in [0, 0.05) is 6.54 Å². The smallest absolute Gasteiger partial charge is 0.307 e. The monoisotopic (exact) mass is 317 g/mol. The number of carbonyl (C=O) groups excluding carboxylic acids is 1. The molecular weight excluding hydrogens is 294 g/mol. The number of rotatable bonds is 5. The number of aliphatic carboxylic acids is 1. The molecule has 1 aliphatic heterocycles. The number of carboxylic acids is 1. The Morgan fingerprint density at radius 2 is 1.90 bits per heavy atom. The first kappa shape index (κ1) is 16.3. The van der Waals surface area contributed by atoms with Crippen LogP contribution in [0.1, 0.15) is 39.0 Å². The molecule has 2 N–H and O–H groups in total. The topological polar surface area (TPSA) is 101 Å². The van der Waals surface area contributed by atoms with Crippen LogP contribution in [-0.4, -0.2) is 42.9 Å². The van der Waals surface area contributed by atoms with Crippen molar-refractivity contribution in [3.8, 4) is 0 Å². The molecular formula is C14H23NO5S. The summed E-state index contributed by atoms with van der Waals surface area (Å²) in [7, 11) is -3.08. The highest BCUT2D eigenvalue weighted by molar-refractivity contribution is 7.92. The average Bonchev–Trinajstić information content (AvgIpc) is 2.99. The van der Waals surface area contributed by atoms with E-state index in [-0.39, 0.29) is 24.1 Å². The first-order valence-corrected chi connectivity index (χ1v) is 9.28. The quantitative estimate of drug-likeness (QED) is 0.782. The van der Waals surface area contributed by atoms with Gasteiger partial charge in [-0.15, -0.1) is 0 Å². The molecule has 120 valence electrons. The molecule has 1 heterocycles. The Morgan fingerprint density at radius 1 is 1.24 bits per heavy atom. The van der Waals surface area contributed by atoms with Gasteiger partial charge in [0.2, 0.25) is 5.91 Å². The fourth-order valence-corrected chi connectivity index (χ4v) is 5.24. The third-order valence-electron chi connectivity index (χ3n) is 4.86. The normalized spacial score (nSPS) is 34.7. The van der Waals surface area contributed by atoms with Gasteiger partial charge in [0.1, 0.15) is 0 Å². The molecule has 2 aliphatic rings. The number of hydrogen-bond donors (Lipinski definition) is 2. The first-order chi connectivity index (χ1) is 9.85. The molecule has 1 saturated heterocycles. The minimum atomic E-state index is -3.08. The molecule has 4 atom stereocenters. The molecule has 1 aliphatic carbocycles. The fourth-order valence-electron chi connectivity index (χ4n) is 3.47. The number of carbonyl (C=O) groups is 2. The molecule has 21 heavy (non-hydrogen) atoms. The third-order valence-corrected chi connectivity index (χ3v) is 7.13. The van der Waals surface area contributed by atoms with E-state index in [0.717, 1.165) is 6.42 Å². The molecule has 2 rings (SSSR count). The Kier molecular flexibility index (Phi) is 4.91. The van der Waals surface area contributed by atoms with Gasteiger partial charge in [-0.05, 0) is 31.6 Å². The zero-order valence-electron chi connectivity index (χ0n) is 12.2. The van der Waals surface area contributed by atoms with Crippen LogP contribution >= 0.6 is 0 Å². The van der Waals surface area contributed by atoms with Crippen LogP contribution < -0.4 is 5.32 Å². The Hall–Kier alpha value is -1.11. The van der Waals surface area contributed by atoms with Gasteiger partial charge in [0.25, 0.3) is 0 Å². The van der Waals surface area contributed by atoms with Crippen LogP contribution in [0, 0.1) is 17.8 Å². The minimum absolute atomic E-state index is 0.112. The predicted molar refractivity (Wildman–Crippen MR) is 77.4 cm³/mol. The van der Waals surface area contributed by atoms with Gasteiger partial charge >= 0.3 is 5.97 Å². The number of nitrogens with one attached hydrogen (secondary N) is 1. The maximum Gasteiger partial charge on any atom is 0.307 e. The zero-order chi connectivity index (χ0) is 15.6. The van der Waals surface area contributed by atoms with E-state index in [1.165, 1.54) is 0 Å². The Morgan fingerprint density at radius 3 is 2.43 bits per heavy atom. The second kappa shape index (κ2) is 6.34. The van der Waals surface area contributed by atoms with Crippen LogP contribution in [0.3, 0.4) is 0 Å². The lowest BCUT2D eigenvalue weighted by Gasteiger charge is -2.17. The van der Waals surface area contributed by atoms with Gasteiger partial charge in [-0.1, -0.05) is 13.3 Å². The summed E-state index contributed by atoms with van der Waals surface area (Å²) < 4.78 is 23.4. The summed E-state index contributed by atoms with van der Waals surface area (Å²) in [5.74, 6) is -1.96. The number of hydrogen-bond acceptors (Lipinski definition) is 4. The molecule has 0 spiro atoms. The van der Waals surface area contributed by atoms with E-state index in [1.54, 1.807) is 0 Å². The Balaban J connectivity index is 1.94. The highest BCUT2D eigenvalue weighted by Crippen LogP contribution is 2.38. The Bertz CT molecular complexity index is 515. The lowest BCUT2D eigenvalue weighted by molar-refractivity contribution is -0.146. The summed E-state index contributed by atoms with van der Waals surface area (Å²) in [5.41, 5.74) is 0. The number of sulfone groups is 1. The van der Waals surface area contributed by atoms with E-state index >= 15 is 0 Å². The third kappa shape index (κ3) is 3.56. The van der Waals surface area contributed by atoms with Crippen molar-refractivity contribution in [3.05, 3.63) is 0 Å². The van der Waals surface area contributed by atoms with Gasteiger partial charge in [-0.25, -0.2) is 8.42 Å². The second-order valence-electron chi connectivity index (χ2n) is 6.17. The molecule has 4 unspecified atom stereocenters. The predicted octanol–water partition coefficient (Wildman–Crippen LogP) is 0.817. The fraction of sp³-hybridized carbons (Fsp3) is 0.857. The molecule has 1 amide bonds. The van der Waals surface area contributed by atoms with Gasteiger partial charge in [-0.3, -0.25) is 9.59 Å². The molecule has 0 bridgehead atoms. The lowest BCUT2D eigenvalue weighted by Crippen LogP contribution is -2.40. The summed E-state index contributed by atoms with van der Waals surface area (Å²) >= 11 is 0. The van der Waals surface area contributed by atoms with E-state index in [9.17, 15) is 23.1 Å². The lowest BCUT2D eigenvalue weighted by atomic mass is 9.95.